The topological polar surface area (TPSA) is 47.9 Å². The Morgan fingerprint density at radius 1 is 1.24 bits per heavy atom. The first-order valence-corrected chi connectivity index (χ1v) is 9.17. The number of rotatable bonds is 6. The summed E-state index contributed by atoms with van der Waals surface area (Å²) in [7, 11) is 0. The second-order valence-corrected chi connectivity index (χ2v) is 6.33. The van der Waals surface area contributed by atoms with Crippen LogP contribution in [0.15, 0.2) is 77.1 Å². The first-order chi connectivity index (χ1) is 12.2. The number of carbonyl (C=O) groups is 1. The number of hydrogen-bond donors (Lipinski definition) is 0. The molecule has 0 radical (unpaired) electrons. The van der Waals surface area contributed by atoms with E-state index in [4.69, 9.17) is 14.5 Å². The van der Waals surface area contributed by atoms with Gasteiger partial charge in [0, 0.05) is 16.5 Å². The van der Waals surface area contributed by atoms with Crippen LogP contribution in [0.25, 0.3) is 0 Å². The number of carbonyl (C=O) groups excluding carboxylic acids is 1. The largest absolute Gasteiger partial charge is 0.467 e. The Labute approximate surface area is 151 Å². The van der Waals surface area contributed by atoms with E-state index in [0.29, 0.717) is 5.90 Å². The first-order valence-electron chi connectivity index (χ1n) is 7.95. The lowest BCUT2D eigenvalue weighted by atomic mass is 10.0. The van der Waals surface area contributed by atoms with E-state index in [2.05, 4.69) is 6.58 Å². The molecule has 1 heterocycles. The van der Waals surface area contributed by atoms with E-state index in [1.54, 1.807) is 11.8 Å². The Morgan fingerprint density at radius 3 is 2.68 bits per heavy atom. The van der Waals surface area contributed by atoms with Gasteiger partial charge in [-0.25, -0.2) is 9.79 Å². The molecule has 0 saturated carbocycles. The molecular formula is C20H19NO3S. The van der Waals surface area contributed by atoms with Gasteiger partial charge in [-0.15, -0.1) is 11.8 Å². The summed E-state index contributed by atoms with van der Waals surface area (Å²) in [6.45, 7) is 3.57. The molecule has 2 aromatic carbocycles. The second kappa shape index (κ2) is 8.03. The number of nitrogens with zero attached hydrogens (tertiary/aromatic N) is 1. The summed E-state index contributed by atoms with van der Waals surface area (Å²) in [4.78, 5) is 17.2. The van der Waals surface area contributed by atoms with Crippen molar-refractivity contribution in [2.24, 2.45) is 4.99 Å². The molecule has 0 amide bonds. The van der Waals surface area contributed by atoms with Crippen LogP contribution in [0, 0.1) is 0 Å². The first kappa shape index (κ1) is 17.3. The predicted molar refractivity (Wildman–Crippen MR) is 100.0 cm³/mol. The predicted octanol–water partition coefficient (Wildman–Crippen LogP) is 4.02. The van der Waals surface area contributed by atoms with Gasteiger partial charge in [0.15, 0.2) is 6.10 Å². The van der Waals surface area contributed by atoms with Gasteiger partial charge in [0.25, 0.3) is 0 Å². The highest BCUT2D eigenvalue weighted by Crippen LogP contribution is 2.33. The van der Waals surface area contributed by atoms with Crippen molar-refractivity contribution in [1.82, 2.24) is 0 Å². The Bertz CT molecular complexity index is 789. The molecule has 25 heavy (non-hydrogen) atoms. The average molecular weight is 353 g/mol. The molecule has 0 spiro atoms. The third kappa shape index (κ3) is 3.94. The molecular weight excluding hydrogens is 334 g/mol. The molecule has 0 aromatic heterocycles. The highest BCUT2D eigenvalue weighted by atomic mass is 32.2. The number of aliphatic imine (C=N–C) groups is 1. The lowest BCUT2D eigenvalue weighted by Gasteiger charge is -2.18. The molecule has 0 saturated heterocycles. The summed E-state index contributed by atoms with van der Waals surface area (Å²) < 4.78 is 11.4. The Kier molecular flexibility index (Phi) is 5.56. The van der Waals surface area contributed by atoms with Crippen LogP contribution in [-0.2, 0) is 14.3 Å². The number of benzene rings is 2. The number of thioether (sulfide) groups is 1. The lowest BCUT2D eigenvalue weighted by Crippen LogP contribution is -2.21. The molecule has 0 unspecified atom stereocenters. The van der Waals surface area contributed by atoms with Crippen molar-refractivity contribution in [3.05, 3.63) is 78.4 Å². The van der Waals surface area contributed by atoms with Crippen molar-refractivity contribution in [2.45, 2.75) is 17.0 Å². The minimum Gasteiger partial charge on any atom is -0.467 e. The van der Waals surface area contributed by atoms with Crippen LogP contribution in [0.1, 0.15) is 17.2 Å². The van der Waals surface area contributed by atoms with Crippen LogP contribution >= 0.6 is 11.8 Å². The average Bonchev–Trinajstić information content (AvgIpc) is 3.10. The van der Waals surface area contributed by atoms with Gasteiger partial charge in [0.2, 0.25) is 5.90 Å². The smallest absolute Gasteiger partial charge is 0.330 e. The minimum absolute atomic E-state index is 0.148. The molecule has 4 nitrogen and oxygen atoms in total. The van der Waals surface area contributed by atoms with Gasteiger partial charge in [-0.1, -0.05) is 49.0 Å². The maximum atomic E-state index is 11.4. The van der Waals surface area contributed by atoms with Crippen molar-refractivity contribution in [1.29, 1.82) is 0 Å². The SMILES string of the molecule is C=CC(=O)OC[C@@H]1N=C(c2ccccc2SC)O[C@H]1c1ccccc1. The Hall–Kier alpha value is -2.53. The van der Waals surface area contributed by atoms with Crippen molar-refractivity contribution in [3.63, 3.8) is 0 Å². The molecule has 5 heteroatoms. The van der Waals surface area contributed by atoms with E-state index in [1.165, 1.54) is 0 Å². The van der Waals surface area contributed by atoms with E-state index >= 15 is 0 Å². The van der Waals surface area contributed by atoms with E-state index in [9.17, 15) is 4.79 Å². The van der Waals surface area contributed by atoms with Gasteiger partial charge in [-0.05, 0) is 24.0 Å². The van der Waals surface area contributed by atoms with Gasteiger partial charge in [0.1, 0.15) is 12.6 Å². The summed E-state index contributed by atoms with van der Waals surface area (Å²) in [5, 5.41) is 0. The van der Waals surface area contributed by atoms with Crippen LogP contribution in [-0.4, -0.2) is 30.8 Å². The van der Waals surface area contributed by atoms with Gasteiger partial charge < -0.3 is 9.47 Å². The molecule has 3 rings (SSSR count). The standard InChI is InChI=1S/C20H19NO3S/c1-3-18(22)23-13-16-19(14-9-5-4-6-10-14)24-20(21-16)15-11-7-8-12-17(15)25-2/h3-12,16,19H,1,13H2,2H3/t16-,19-/m0/s1. The third-order valence-corrected chi connectivity index (χ3v) is 4.70. The molecule has 1 aliphatic heterocycles. The lowest BCUT2D eigenvalue weighted by molar-refractivity contribution is -0.138. The van der Waals surface area contributed by atoms with Crippen molar-refractivity contribution in [3.8, 4) is 0 Å². The summed E-state index contributed by atoms with van der Waals surface area (Å²) in [6, 6.07) is 17.5. The summed E-state index contributed by atoms with van der Waals surface area (Å²) in [5.74, 6) is 0.124. The third-order valence-electron chi connectivity index (χ3n) is 3.90. The summed E-state index contributed by atoms with van der Waals surface area (Å²) in [6.07, 6.45) is 2.89. The molecule has 2 aromatic rings. The number of hydrogen-bond acceptors (Lipinski definition) is 5. The van der Waals surface area contributed by atoms with Crippen LogP contribution in [0.3, 0.4) is 0 Å². The van der Waals surface area contributed by atoms with Crippen molar-refractivity contribution < 1.29 is 14.3 Å². The molecule has 1 aliphatic rings. The van der Waals surface area contributed by atoms with Crippen LogP contribution in [0.5, 0.6) is 0 Å². The van der Waals surface area contributed by atoms with Gasteiger partial charge in [-0.2, -0.15) is 0 Å². The highest BCUT2D eigenvalue weighted by molar-refractivity contribution is 7.98. The second-order valence-electron chi connectivity index (χ2n) is 5.49. The number of esters is 1. The van der Waals surface area contributed by atoms with E-state index in [0.717, 1.165) is 22.1 Å². The van der Waals surface area contributed by atoms with E-state index in [-0.39, 0.29) is 18.8 Å². The van der Waals surface area contributed by atoms with Gasteiger partial charge in [-0.3, -0.25) is 0 Å². The normalized spacial score (nSPS) is 19.0. The fraction of sp³-hybridized carbons (Fsp3) is 0.200. The molecule has 0 N–H and O–H groups in total. The van der Waals surface area contributed by atoms with Crippen molar-refractivity contribution >= 4 is 23.6 Å². The van der Waals surface area contributed by atoms with Crippen LogP contribution in [0.4, 0.5) is 0 Å². The van der Waals surface area contributed by atoms with Crippen LogP contribution < -0.4 is 0 Å². The zero-order chi connectivity index (χ0) is 17.6. The molecule has 2 atom stereocenters. The minimum atomic E-state index is -0.458. The monoisotopic (exact) mass is 353 g/mol. The highest BCUT2D eigenvalue weighted by Gasteiger charge is 2.34. The fourth-order valence-corrected chi connectivity index (χ4v) is 3.28. The number of ether oxygens (including phenoxy) is 2. The summed E-state index contributed by atoms with van der Waals surface area (Å²) >= 11 is 1.64. The van der Waals surface area contributed by atoms with Gasteiger partial charge >= 0.3 is 5.97 Å². The van der Waals surface area contributed by atoms with E-state index in [1.807, 2.05) is 60.9 Å². The Balaban J connectivity index is 1.90. The Morgan fingerprint density at radius 2 is 1.96 bits per heavy atom. The zero-order valence-corrected chi connectivity index (χ0v) is 14.7. The zero-order valence-electron chi connectivity index (χ0n) is 13.9. The maximum Gasteiger partial charge on any atom is 0.330 e. The molecule has 0 aliphatic carbocycles. The van der Waals surface area contributed by atoms with Crippen molar-refractivity contribution in [2.75, 3.05) is 12.9 Å². The maximum absolute atomic E-state index is 11.4. The van der Waals surface area contributed by atoms with E-state index < -0.39 is 5.97 Å². The molecule has 128 valence electrons. The quantitative estimate of drug-likeness (QED) is 0.447. The molecule has 0 bridgehead atoms. The van der Waals surface area contributed by atoms with Crippen LogP contribution in [0.2, 0.25) is 0 Å². The van der Waals surface area contributed by atoms with Gasteiger partial charge in [0.05, 0.1) is 0 Å². The summed E-state index contributed by atoms with van der Waals surface area (Å²) in [5.41, 5.74) is 1.95. The molecule has 0 fully saturated rings. The fourth-order valence-electron chi connectivity index (χ4n) is 2.69.